The first kappa shape index (κ1) is 8.89. The molecule has 10 heavy (non-hydrogen) atoms. The van der Waals surface area contributed by atoms with Crippen molar-refractivity contribution in [3.05, 3.63) is 36.5 Å². The third-order valence-electron chi connectivity index (χ3n) is 1.07. The van der Waals surface area contributed by atoms with Crippen molar-refractivity contribution in [2.75, 3.05) is 0 Å². The summed E-state index contributed by atoms with van der Waals surface area (Å²) in [5, 5.41) is 6.70. The first-order chi connectivity index (χ1) is 4.81. The van der Waals surface area contributed by atoms with Gasteiger partial charge >= 0.3 is 0 Å². The van der Waals surface area contributed by atoms with E-state index in [0.717, 1.165) is 6.42 Å². The SMILES string of the molecule is C=C/C=C(\C)C/C=C\C=N. The Balaban J connectivity index is 3.67. The third kappa shape index (κ3) is 5.04. The van der Waals surface area contributed by atoms with Crippen LogP contribution < -0.4 is 0 Å². The van der Waals surface area contributed by atoms with Crippen LogP contribution in [0.5, 0.6) is 0 Å². The van der Waals surface area contributed by atoms with E-state index in [0.29, 0.717) is 0 Å². The van der Waals surface area contributed by atoms with Crippen LogP contribution in [0.15, 0.2) is 36.5 Å². The molecule has 0 aliphatic heterocycles. The Morgan fingerprint density at radius 3 is 2.80 bits per heavy atom. The summed E-state index contributed by atoms with van der Waals surface area (Å²) in [5.74, 6) is 0. The predicted molar refractivity (Wildman–Crippen MR) is 46.5 cm³/mol. The monoisotopic (exact) mass is 135 g/mol. The highest BCUT2D eigenvalue weighted by Gasteiger charge is 1.79. The summed E-state index contributed by atoms with van der Waals surface area (Å²) < 4.78 is 0. The maximum Gasteiger partial charge on any atom is 0.0174 e. The second-order valence-electron chi connectivity index (χ2n) is 2.05. The molecule has 0 aromatic heterocycles. The number of nitrogens with one attached hydrogen (secondary N) is 1. The highest BCUT2D eigenvalue weighted by Crippen LogP contribution is 1.99. The summed E-state index contributed by atoms with van der Waals surface area (Å²) in [4.78, 5) is 0. The molecule has 0 atom stereocenters. The molecule has 0 aliphatic rings. The van der Waals surface area contributed by atoms with Crippen LogP contribution in [0.4, 0.5) is 0 Å². The molecule has 0 bridgehead atoms. The van der Waals surface area contributed by atoms with Crippen molar-refractivity contribution >= 4 is 6.21 Å². The summed E-state index contributed by atoms with van der Waals surface area (Å²) >= 11 is 0. The summed E-state index contributed by atoms with van der Waals surface area (Å²) in [7, 11) is 0. The molecule has 0 rings (SSSR count). The number of rotatable bonds is 4. The van der Waals surface area contributed by atoms with E-state index in [1.54, 1.807) is 12.2 Å². The molecular weight excluding hydrogens is 122 g/mol. The molecule has 0 spiro atoms. The first-order valence-corrected chi connectivity index (χ1v) is 3.25. The molecule has 0 radical (unpaired) electrons. The largest absolute Gasteiger partial charge is 0.309 e. The smallest absolute Gasteiger partial charge is 0.0174 e. The van der Waals surface area contributed by atoms with Crippen molar-refractivity contribution < 1.29 is 0 Å². The van der Waals surface area contributed by atoms with Gasteiger partial charge in [0.25, 0.3) is 0 Å². The normalized spacial score (nSPS) is 11.9. The van der Waals surface area contributed by atoms with E-state index in [9.17, 15) is 0 Å². The van der Waals surface area contributed by atoms with E-state index in [2.05, 4.69) is 6.58 Å². The molecule has 1 nitrogen and oxygen atoms in total. The predicted octanol–water partition coefficient (Wildman–Crippen LogP) is 2.71. The fourth-order valence-electron chi connectivity index (χ4n) is 0.591. The second kappa shape index (κ2) is 6.02. The van der Waals surface area contributed by atoms with Crippen LogP contribution in [0.3, 0.4) is 0 Å². The quantitative estimate of drug-likeness (QED) is 0.452. The van der Waals surface area contributed by atoms with Crippen LogP contribution in [-0.4, -0.2) is 6.21 Å². The third-order valence-corrected chi connectivity index (χ3v) is 1.07. The van der Waals surface area contributed by atoms with Crippen LogP contribution in [0.2, 0.25) is 0 Å². The van der Waals surface area contributed by atoms with Gasteiger partial charge in [0.2, 0.25) is 0 Å². The van der Waals surface area contributed by atoms with Gasteiger partial charge in [0, 0.05) is 6.21 Å². The van der Waals surface area contributed by atoms with Gasteiger partial charge in [-0.05, 0) is 19.4 Å². The van der Waals surface area contributed by atoms with Crippen LogP contribution in [0.1, 0.15) is 13.3 Å². The maximum atomic E-state index is 6.70. The van der Waals surface area contributed by atoms with E-state index in [4.69, 9.17) is 5.41 Å². The molecule has 1 N–H and O–H groups in total. The molecule has 0 unspecified atom stereocenters. The van der Waals surface area contributed by atoms with Crippen LogP contribution in [-0.2, 0) is 0 Å². The highest BCUT2D eigenvalue weighted by atomic mass is 14.3. The lowest BCUT2D eigenvalue weighted by atomic mass is 10.2. The Morgan fingerprint density at radius 2 is 2.30 bits per heavy atom. The minimum absolute atomic E-state index is 0.904. The number of hydrogen-bond donors (Lipinski definition) is 1. The average Bonchev–Trinajstić information content (AvgIpc) is 1.89. The molecule has 1 heteroatoms. The molecule has 0 heterocycles. The van der Waals surface area contributed by atoms with E-state index in [1.807, 2.05) is 19.1 Å². The Bertz CT molecular complexity index is 164. The summed E-state index contributed by atoms with van der Waals surface area (Å²) in [6.07, 6.45) is 9.59. The van der Waals surface area contributed by atoms with Crippen molar-refractivity contribution in [1.29, 1.82) is 5.41 Å². The lowest BCUT2D eigenvalue weighted by Crippen LogP contribution is -1.70. The fraction of sp³-hybridized carbons (Fsp3) is 0.222. The van der Waals surface area contributed by atoms with Gasteiger partial charge in [0.1, 0.15) is 0 Å². The zero-order chi connectivity index (χ0) is 7.82. The Morgan fingerprint density at radius 1 is 1.60 bits per heavy atom. The van der Waals surface area contributed by atoms with Gasteiger partial charge in [-0.15, -0.1) is 0 Å². The average molecular weight is 135 g/mol. The topological polar surface area (TPSA) is 23.9 Å². The molecule has 0 saturated carbocycles. The van der Waals surface area contributed by atoms with Gasteiger partial charge in [0.15, 0.2) is 0 Å². The van der Waals surface area contributed by atoms with Crippen molar-refractivity contribution in [1.82, 2.24) is 0 Å². The standard InChI is InChI=1S/C9H13N/c1-3-6-9(2)7-4-5-8-10/h3-6,8,10H,1,7H2,2H3/b5-4-,9-6+,10-8?. The zero-order valence-electron chi connectivity index (χ0n) is 6.30. The molecule has 0 aliphatic carbocycles. The van der Waals surface area contributed by atoms with E-state index in [-0.39, 0.29) is 0 Å². The Hall–Kier alpha value is -1.11. The molecule has 54 valence electrons. The van der Waals surface area contributed by atoms with Crippen LogP contribution >= 0.6 is 0 Å². The van der Waals surface area contributed by atoms with Gasteiger partial charge in [-0.2, -0.15) is 0 Å². The lowest BCUT2D eigenvalue weighted by Gasteiger charge is -1.89. The van der Waals surface area contributed by atoms with Gasteiger partial charge in [-0.1, -0.05) is 30.4 Å². The maximum absolute atomic E-state index is 6.70. The minimum atomic E-state index is 0.904. The lowest BCUT2D eigenvalue weighted by molar-refractivity contribution is 1.21. The summed E-state index contributed by atoms with van der Waals surface area (Å²) in [6, 6.07) is 0. The van der Waals surface area contributed by atoms with Gasteiger partial charge < -0.3 is 5.41 Å². The summed E-state index contributed by atoms with van der Waals surface area (Å²) in [5.41, 5.74) is 1.26. The van der Waals surface area contributed by atoms with Crippen molar-refractivity contribution in [3.8, 4) is 0 Å². The first-order valence-electron chi connectivity index (χ1n) is 3.25. The molecule has 0 aromatic carbocycles. The van der Waals surface area contributed by atoms with Gasteiger partial charge in [-0.3, -0.25) is 0 Å². The van der Waals surface area contributed by atoms with E-state index in [1.165, 1.54) is 11.8 Å². The number of allylic oxidation sites excluding steroid dienone is 5. The van der Waals surface area contributed by atoms with Gasteiger partial charge in [0.05, 0.1) is 0 Å². The molecule has 0 aromatic rings. The second-order valence-corrected chi connectivity index (χ2v) is 2.05. The van der Waals surface area contributed by atoms with Crippen molar-refractivity contribution in [2.24, 2.45) is 0 Å². The zero-order valence-corrected chi connectivity index (χ0v) is 6.30. The fourth-order valence-corrected chi connectivity index (χ4v) is 0.591. The Kier molecular flexibility index (Phi) is 5.35. The minimum Gasteiger partial charge on any atom is -0.309 e. The van der Waals surface area contributed by atoms with Crippen LogP contribution in [0, 0.1) is 5.41 Å². The molecule has 0 fully saturated rings. The molecular formula is C9H13N. The van der Waals surface area contributed by atoms with Crippen molar-refractivity contribution in [3.63, 3.8) is 0 Å². The number of hydrogen-bond acceptors (Lipinski definition) is 1. The van der Waals surface area contributed by atoms with Crippen molar-refractivity contribution in [2.45, 2.75) is 13.3 Å². The molecule has 0 saturated heterocycles. The Labute approximate surface area is 62.3 Å². The van der Waals surface area contributed by atoms with E-state index < -0.39 is 0 Å². The summed E-state index contributed by atoms with van der Waals surface area (Å²) in [6.45, 7) is 5.62. The highest BCUT2D eigenvalue weighted by molar-refractivity contribution is 5.67. The van der Waals surface area contributed by atoms with E-state index >= 15 is 0 Å². The van der Waals surface area contributed by atoms with Crippen LogP contribution in [0.25, 0.3) is 0 Å². The molecule has 0 amide bonds. The van der Waals surface area contributed by atoms with Gasteiger partial charge in [-0.25, -0.2) is 0 Å².